The van der Waals surface area contributed by atoms with Gasteiger partial charge in [-0.3, -0.25) is 4.98 Å². The van der Waals surface area contributed by atoms with E-state index in [2.05, 4.69) is 4.98 Å². The summed E-state index contributed by atoms with van der Waals surface area (Å²) in [6.45, 7) is 1.55. The Morgan fingerprint density at radius 2 is 1.91 bits per heavy atom. The predicted molar refractivity (Wildman–Crippen MR) is 92.3 cm³/mol. The minimum atomic E-state index is -2.32. The number of fused-ring (bicyclic) bond motifs is 3. The Hall–Kier alpha value is -2.68. The smallest absolute Gasteiger partial charge is 0.217 e. The third-order valence-corrected chi connectivity index (χ3v) is 4.24. The maximum Gasteiger partial charge on any atom is 0.217 e. The first-order valence-electron chi connectivity index (χ1n) is 9.06. The van der Waals surface area contributed by atoms with Crippen molar-refractivity contribution in [2.45, 2.75) is 20.7 Å². The molecule has 0 atom stereocenters. The number of pyridine rings is 2. The van der Waals surface area contributed by atoms with Crippen molar-refractivity contribution in [3.63, 3.8) is 0 Å². The summed E-state index contributed by atoms with van der Waals surface area (Å²) >= 11 is 0. The molecule has 1 aromatic carbocycles. The summed E-state index contributed by atoms with van der Waals surface area (Å²) in [5, 5.41) is 1.35. The Kier molecular flexibility index (Phi) is 2.34. The third-order valence-electron chi connectivity index (χ3n) is 4.24. The molecule has 0 N–H and O–H groups in total. The van der Waals surface area contributed by atoms with Gasteiger partial charge in [0.25, 0.3) is 0 Å². The molecular formula is C20H19N2O+. The normalized spacial score (nSPS) is 14.0. The second-order valence-corrected chi connectivity index (χ2v) is 5.93. The van der Waals surface area contributed by atoms with Crippen LogP contribution in [0.1, 0.15) is 21.1 Å². The highest BCUT2D eigenvalue weighted by Crippen LogP contribution is 2.37. The average molecular weight is 306 g/mol. The third kappa shape index (κ3) is 2.04. The van der Waals surface area contributed by atoms with Gasteiger partial charge in [0.05, 0.1) is 11.1 Å². The summed E-state index contributed by atoms with van der Waals surface area (Å²) in [6.07, 6.45) is 2.03. The lowest BCUT2D eigenvalue weighted by molar-refractivity contribution is -0.660. The fraction of sp³-hybridized carbons (Fsp3) is 0.200. The van der Waals surface area contributed by atoms with Crippen molar-refractivity contribution in [2.75, 3.05) is 0 Å². The summed E-state index contributed by atoms with van der Waals surface area (Å²) in [5.74, 6) is 0. The summed E-state index contributed by atoms with van der Waals surface area (Å²) in [5.41, 5.74) is 4.87. The van der Waals surface area contributed by atoms with Gasteiger partial charge in [0, 0.05) is 26.8 Å². The standard InChI is InChI=1S/C20H19N2O/c1-12-9-10-16(22(4)11-12)19-14(3)21-13(2)18-15-7-5-6-8-17(15)23-20(18)19/h5-11H,1-4H3/q+1/i2D3. The second-order valence-electron chi connectivity index (χ2n) is 5.93. The number of para-hydroxylation sites is 1. The zero-order valence-electron chi connectivity index (χ0n) is 16.3. The highest BCUT2D eigenvalue weighted by atomic mass is 16.3. The van der Waals surface area contributed by atoms with E-state index >= 15 is 0 Å². The van der Waals surface area contributed by atoms with Crippen molar-refractivity contribution < 1.29 is 13.1 Å². The van der Waals surface area contributed by atoms with Crippen molar-refractivity contribution in [1.82, 2.24) is 4.98 Å². The molecule has 0 aliphatic rings. The first-order chi connectivity index (χ1) is 12.3. The number of furan rings is 1. The Balaban J connectivity index is 2.21. The Labute approximate surface area is 139 Å². The highest BCUT2D eigenvalue weighted by molar-refractivity contribution is 6.10. The average Bonchev–Trinajstić information content (AvgIpc) is 2.93. The first kappa shape index (κ1) is 10.9. The van der Waals surface area contributed by atoms with Crippen LogP contribution in [0.2, 0.25) is 0 Å². The molecule has 0 aliphatic carbocycles. The maximum atomic E-state index is 7.94. The fourth-order valence-electron chi connectivity index (χ4n) is 3.21. The molecule has 0 radical (unpaired) electrons. The van der Waals surface area contributed by atoms with Gasteiger partial charge in [-0.2, -0.15) is 0 Å². The van der Waals surface area contributed by atoms with Gasteiger partial charge < -0.3 is 4.42 Å². The molecule has 4 aromatic rings. The van der Waals surface area contributed by atoms with Crippen LogP contribution in [0.3, 0.4) is 0 Å². The quantitative estimate of drug-likeness (QED) is 0.488. The van der Waals surface area contributed by atoms with E-state index in [1.165, 1.54) is 0 Å². The molecule has 0 spiro atoms. The molecule has 0 aliphatic heterocycles. The van der Waals surface area contributed by atoms with Crippen LogP contribution in [0.25, 0.3) is 33.2 Å². The molecule has 3 nitrogen and oxygen atoms in total. The predicted octanol–water partition coefficient (Wildman–Crippen LogP) is 4.40. The summed E-state index contributed by atoms with van der Waals surface area (Å²) in [4.78, 5) is 4.50. The molecule has 0 saturated heterocycles. The molecule has 3 aromatic heterocycles. The lowest BCUT2D eigenvalue weighted by atomic mass is 10.0. The van der Waals surface area contributed by atoms with E-state index in [-0.39, 0.29) is 5.69 Å². The second kappa shape index (κ2) is 4.92. The van der Waals surface area contributed by atoms with Crippen LogP contribution >= 0.6 is 0 Å². The number of rotatable bonds is 1. The highest BCUT2D eigenvalue weighted by Gasteiger charge is 2.22. The molecule has 3 heterocycles. The van der Waals surface area contributed by atoms with E-state index < -0.39 is 6.85 Å². The van der Waals surface area contributed by atoms with Gasteiger partial charge in [-0.15, -0.1) is 0 Å². The minimum absolute atomic E-state index is 0.0912. The molecule has 23 heavy (non-hydrogen) atoms. The van der Waals surface area contributed by atoms with Gasteiger partial charge in [-0.25, -0.2) is 4.57 Å². The molecule has 0 saturated carbocycles. The Morgan fingerprint density at radius 3 is 2.70 bits per heavy atom. The Morgan fingerprint density at radius 1 is 1.09 bits per heavy atom. The maximum absolute atomic E-state index is 7.94. The van der Waals surface area contributed by atoms with Gasteiger partial charge in [0.2, 0.25) is 5.69 Å². The number of aryl methyl sites for hydroxylation is 4. The van der Waals surface area contributed by atoms with Crippen molar-refractivity contribution in [1.29, 1.82) is 0 Å². The molecule has 4 rings (SSSR count). The van der Waals surface area contributed by atoms with Crippen LogP contribution in [-0.4, -0.2) is 4.98 Å². The summed E-state index contributed by atoms with van der Waals surface area (Å²) < 4.78 is 32.0. The van der Waals surface area contributed by atoms with Crippen LogP contribution in [0, 0.1) is 20.7 Å². The first-order valence-corrected chi connectivity index (χ1v) is 7.56. The monoisotopic (exact) mass is 306 g/mol. The topological polar surface area (TPSA) is 29.9 Å². The van der Waals surface area contributed by atoms with E-state index in [4.69, 9.17) is 8.53 Å². The van der Waals surface area contributed by atoms with E-state index in [0.717, 1.165) is 22.2 Å². The molecule has 0 unspecified atom stereocenters. The Bertz CT molecular complexity index is 1160. The van der Waals surface area contributed by atoms with Crippen molar-refractivity contribution in [2.24, 2.45) is 7.05 Å². The van der Waals surface area contributed by atoms with Gasteiger partial charge in [-0.05, 0) is 32.8 Å². The minimum Gasteiger partial charge on any atom is -0.455 e. The summed E-state index contributed by atoms with van der Waals surface area (Å²) in [7, 11) is 1.97. The van der Waals surface area contributed by atoms with E-state index in [1.807, 2.05) is 68.1 Å². The molecule has 3 heteroatoms. The zero-order valence-corrected chi connectivity index (χ0v) is 13.3. The van der Waals surface area contributed by atoms with Crippen LogP contribution in [0.4, 0.5) is 0 Å². The molecule has 114 valence electrons. The van der Waals surface area contributed by atoms with Crippen LogP contribution < -0.4 is 4.57 Å². The van der Waals surface area contributed by atoms with Crippen molar-refractivity contribution in [3.8, 4) is 11.3 Å². The lowest BCUT2D eigenvalue weighted by Gasteiger charge is -2.07. The fourth-order valence-corrected chi connectivity index (χ4v) is 3.21. The number of nitrogens with zero attached hydrogens (tertiary/aromatic N) is 2. The van der Waals surface area contributed by atoms with Crippen LogP contribution in [-0.2, 0) is 7.05 Å². The van der Waals surface area contributed by atoms with Gasteiger partial charge in [0.15, 0.2) is 11.8 Å². The van der Waals surface area contributed by atoms with E-state index in [9.17, 15) is 0 Å². The van der Waals surface area contributed by atoms with E-state index in [1.54, 1.807) is 0 Å². The zero-order chi connectivity index (χ0) is 18.6. The summed E-state index contributed by atoms with van der Waals surface area (Å²) in [6, 6.07) is 11.5. The van der Waals surface area contributed by atoms with Gasteiger partial charge in [-0.1, -0.05) is 18.2 Å². The SMILES string of the molecule is [2H]C([2H])([2H])c1nc(C)c(-c2ccc(C)c[n+]2C)c2oc3ccccc3c12. The number of aromatic nitrogens is 2. The van der Waals surface area contributed by atoms with Crippen molar-refractivity contribution >= 4 is 21.9 Å². The largest absolute Gasteiger partial charge is 0.455 e. The van der Waals surface area contributed by atoms with E-state index in [0.29, 0.717) is 22.2 Å². The molecule has 0 amide bonds. The molecule has 0 fully saturated rings. The number of benzene rings is 1. The lowest BCUT2D eigenvalue weighted by Crippen LogP contribution is -2.31. The number of hydrogen-bond donors (Lipinski definition) is 0. The molecular weight excluding hydrogens is 284 g/mol. The van der Waals surface area contributed by atoms with Crippen LogP contribution in [0.15, 0.2) is 47.0 Å². The van der Waals surface area contributed by atoms with Gasteiger partial charge >= 0.3 is 0 Å². The van der Waals surface area contributed by atoms with Crippen LogP contribution in [0.5, 0.6) is 0 Å². The van der Waals surface area contributed by atoms with Crippen molar-refractivity contribution in [3.05, 3.63) is 59.5 Å². The number of hydrogen-bond acceptors (Lipinski definition) is 2. The van der Waals surface area contributed by atoms with Gasteiger partial charge in [0.1, 0.15) is 18.2 Å². The molecule has 0 bridgehead atoms.